The molecule has 0 N–H and O–H groups in total. The summed E-state index contributed by atoms with van der Waals surface area (Å²) in [5.74, 6) is 0.163. The number of hydrogen-bond acceptors (Lipinski definition) is 3. The maximum Gasteiger partial charge on any atom is 0.275 e. The van der Waals surface area contributed by atoms with E-state index in [2.05, 4.69) is 0 Å². The molecule has 0 spiro atoms. The molecule has 0 aliphatic heterocycles. The Hall–Kier alpha value is -4.46. The third kappa shape index (κ3) is 4.46. The maximum atomic E-state index is 14.3. The van der Waals surface area contributed by atoms with Gasteiger partial charge in [-0.25, -0.2) is 9.36 Å². The van der Waals surface area contributed by atoms with Crippen molar-refractivity contribution in [3.8, 4) is 22.7 Å². The summed E-state index contributed by atoms with van der Waals surface area (Å²) in [6.07, 6.45) is 0. The number of rotatable bonds is 6. The number of hydrogen-bond donors (Lipinski definition) is 0. The van der Waals surface area contributed by atoms with Crippen LogP contribution in [-0.2, 0) is 14.1 Å². The molecule has 7 nitrogen and oxygen atoms in total. The van der Waals surface area contributed by atoms with E-state index in [1.165, 1.54) is 0 Å². The third-order valence-electron chi connectivity index (χ3n) is 7.88. The van der Waals surface area contributed by atoms with Crippen molar-refractivity contribution in [2.24, 2.45) is 14.1 Å². The van der Waals surface area contributed by atoms with Gasteiger partial charge in [0, 0.05) is 36.1 Å². The van der Waals surface area contributed by atoms with E-state index in [9.17, 15) is 9.59 Å². The summed E-state index contributed by atoms with van der Waals surface area (Å²) in [6.45, 7) is 3.77. The molecule has 0 fully saturated rings. The molecule has 0 saturated carbocycles. The molecular weight excluding hydrogens is 571 g/mol. The van der Waals surface area contributed by atoms with Crippen LogP contribution in [0.3, 0.4) is 0 Å². The lowest BCUT2D eigenvalue weighted by molar-refractivity contribution is 0.513. The highest BCUT2D eigenvalue weighted by atomic mass is 35.5. The predicted molar refractivity (Wildman–Crippen MR) is 167 cm³/mol. The average molecular weight is 600 g/mol. The van der Waals surface area contributed by atoms with Gasteiger partial charge >= 0.3 is 0 Å². The Morgan fingerprint density at radius 2 is 1.17 bits per heavy atom. The first kappa shape index (κ1) is 27.7. The van der Waals surface area contributed by atoms with E-state index in [-0.39, 0.29) is 11.1 Å². The second-order valence-corrected chi connectivity index (χ2v) is 11.1. The number of aromatic nitrogens is 4. The van der Waals surface area contributed by atoms with Crippen LogP contribution in [0.1, 0.15) is 34.2 Å². The molecule has 42 heavy (non-hydrogen) atoms. The zero-order chi connectivity index (χ0) is 29.7. The lowest BCUT2D eigenvalue weighted by Gasteiger charge is -2.13. The Balaban J connectivity index is 1.64. The van der Waals surface area contributed by atoms with Crippen molar-refractivity contribution in [1.82, 2.24) is 18.7 Å². The van der Waals surface area contributed by atoms with Gasteiger partial charge in [0.1, 0.15) is 11.5 Å². The minimum atomic E-state index is -0.794. The molecule has 0 aliphatic carbocycles. The number of furan rings is 1. The standard InChI is InChI=1S/C33H28Cl2N4O3/c1-20-29(32(40)38(36(20)3)23-11-7-5-8-12-23)31(28-18-17-27(42-28)25-16-15-22(34)19-26(25)35)30-21(2)37(4)39(33(30)41)24-13-9-6-10-14-24/h5-19,31H,1-4H3. The van der Waals surface area contributed by atoms with Crippen LogP contribution in [0.5, 0.6) is 0 Å². The van der Waals surface area contributed by atoms with Crippen molar-refractivity contribution in [3.63, 3.8) is 0 Å². The lowest BCUT2D eigenvalue weighted by Crippen LogP contribution is -2.26. The third-order valence-corrected chi connectivity index (χ3v) is 8.43. The first-order valence-electron chi connectivity index (χ1n) is 13.4. The van der Waals surface area contributed by atoms with Crippen LogP contribution in [0.15, 0.2) is 105 Å². The second-order valence-electron chi connectivity index (χ2n) is 10.2. The van der Waals surface area contributed by atoms with Crippen LogP contribution in [0.4, 0.5) is 0 Å². The van der Waals surface area contributed by atoms with E-state index in [0.717, 1.165) is 11.4 Å². The average Bonchev–Trinajstić information content (AvgIpc) is 3.61. The Kier molecular flexibility index (Phi) is 7.09. The molecule has 0 saturated heterocycles. The maximum absolute atomic E-state index is 14.3. The monoisotopic (exact) mass is 598 g/mol. The normalized spacial score (nSPS) is 11.5. The first-order chi connectivity index (χ1) is 20.2. The topological polar surface area (TPSA) is 67.0 Å². The summed E-state index contributed by atoms with van der Waals surface area (Å²) in [6, 6.07) is 27.6. The van der Waals surface area contributed by atoms with E-state index in [0.29, 0.717) is 49.6 Å². The molecule has 6 rings (SSSR count). The van der Waals surface area contributed by atoms with Gasteiger partial charge in [-0.15, -0.1) is 0 Å². The van der Waals surface area contributed by atoms with Crippen LogP contribution >= 0.6 is 23.2 Å². The Bertz CT molecular complexity index is 1940. The molecule has 0 bridgehead atoms. The summed E-state index contributed by atoms with van der Waals surface area (Å²) < 4.78 is 13.3. The van der Waals surface area contributed by atoms with Crippen LogP contribution < -0.4 is 11.1 Å². The largest absolute Gasteiger partial charge is 0.460 e. The molecule has 0 unspecified atom stereocenters. The van der Waals surface area contributed by atoms with Gasteiger partial charge in [0.05, 0.1) is 33.4 Å². The van der Waals surface area contributed by atoms with Gasteiger partial charge in [-0.3, -0.25) is 19.0 Å². The van der Waals surface area contributed by atoms with Crippen molar-refractivity contribution in [3.05, 3.63) is 150 Å². The fourth-order valence-electron chi connectivity index (χ4n) is 5.61. The Labute approximate surface area is 252 Å². The molecule has 0 radical (unpaired) electrons. The van der Waals surface area contributed by atoms with Gasteiger partial charge in [0.15, 0.2) is 0 Å². The van der Waals surface area contributed by atoms with E-state index >= 15 is 0 Å². The molecular formula is C33H28Cl2N4O3. The molecule has 212 valence electrons. The number of para-hydroxylation sites is 2. The van der Waals surface area contributed by atoms with Crippen molar-refractivity contribution in [2.45, 2.75) is 19.8 Å². The minimum Gasteiger partial charge on any atom is -0.460 e. The van der Waals surface area contributed by atoms with Gasteiger partial charge in [-0.2, -0.15) is 0 Å². The van der Waals surface area contributed by atoms with Crippen molar-refractivity contribution in [1.29, 1.82) is 0 Å². The molecule has 3 aromatic heterocycles. The highest BCUT2D eigenvalue weighted by molar-refractivity contribution is 6.36. The van der Waals surface area contributed by atoms with E-state index in [1.54, 1.807) is 33.6 Å². The molecule has 0 aliphatic rings. The van der Waals surface area contributed by atoms with Gasteiger partial charge in [-0.1, -0.05) is 59.6 Å². The molecule has 3 heterocycles. The van der Waals surface area contributed by atoms with Crippen LogP contribution in [0.25, 0.3) is 22.7 Å². The Morgan fingerprint density at radius 3 is 1.64 bits per heavy atom. The zero-order valence-corrected chi connectivity index (χ0v) is 25.0. The number of nitrogens with zero attached hydrogens (tertiary/aromatic N) is 4. The highest BCUT2D eigenvalue weighted by Crippen LogP contribution is 2.38. The smallest absolute Gasteiger partial charge is 0.275 e. The van der Waals surface area contributed by atoms with Crippen molar-refractivity contribution < 1.29 is 4.42 Å². The predicted octanol–water partition coefficient (Wildman–Crippen LogP) is 7.03. The summed E-state index contributed by atoms with van der Waals surface area (Å²) in [5, 5.41) is 0.945. The molecule has 9 heteroatoms. The molecule has 6 aromatic rings. The quantitative estimate of drug-likeness (QED) is 0.207. The highest BCUT2D eigenvalue weighted by Gasteiger charge is 2.35. The minimum absolute atomic E-state index is 0.234. The molecule has 0 amide bonds. The fraction of sp³-hybridized carbons (Fsp3) is 0.152. The van der Waals surface area contributed by atoms with Crippen molar-refractivity contribution in [2.75, 3.05) is 0 Å². The van der Waals surface area contributed by atoms with Crippen LogP contribution in [0, 0.1) is 13.8 Å². The molecule has 0 atom stereocenters. The van der Waals surface area contributed by atoms with Crippen molar-refractivity contribution >= 4 is 23.2 Å². The van der Waals surface area contributed by atoms with E-state index in [4.69, 9.17) is 27.6 Å². The van der Waals surface area contributed by atoms with Gasteiger partial charge in [0.25, 0.3) is 11.1 Å². The van der Waals surface area contributed by atoms with Crippen LogP contribution in [-0.4, -0.2) is 18.7 Å². The van der Waals surface area contributed by atoms with Crippen LogP contribution in [0.2, 0.25) is 10.0 Å². The van der Waals surface area contributed by atoms with Gasteiger partial charge in [-0.05, 0) is 68.4 Å². The zero-order valence-electron chi connectivity index (χ0n) is 23.5. The summed E-state index contributed by atoms with van der Waals surface area (Å²) in [7, 11) is 3.68. The SMILES string of the molecule is Cc1c(C(c2ccc(-c3ccc(Cl)cc3Cl)o2)c2c(C)n(C)n(-c3ccccc3)c2=O)c(=O)n(-c2ccccc2)n1C. The fourth-order valence-corrected chi connectivity index (χ4v) is 6.12. The lowest BCUT2D eigenvalue weighted by atomic mass is 9.89. The van der Waals surface area contributed by atoms with E-state index < -0.39 is 5.92 Å². The number of benzene rings is 3. The molecule has 3 aromatic carbocycles. The van der Waals surface area contributed by atoms with E-state index in [1.807, 2.05) is 104 Å². The van der Waals surface area contributed by atoms with Gasteiger partial charge in [0.2, 0.25) is 0 Å². The second kappa shape index (κ2) is 10.7. The first-order valence-corrected chi connectivity index (χ1v) is 14.2. The summed E-state index contributed by atoms with van der Waals surface area (Å²) >= 11 is 12.6. The number of halogens is 2. The Morgan fingerprint density at radius 1 is 0.667 bits per heavy atom. The summed E-state index contributed by atoms with van der Waals surface area (Å²) in [5.41, 5.74) is 3.96. The van der Waals surface area contributed by atoms with Gasteiger partial charge < -0.3 is 4.42 Å². The summed E-state index contributed by atoms with van der Waals surface area (Å²) in [4.78, 5) is 28.6.